The first-order chi connectivity index (χ1) is 8.81. The van der Waals surface area contributed by atoms with Crippen LogP contribution < -0.4 is 10.5 Å². The SMILES string of the molecule is Cn1ncnc1NS(=O)(=O)c1cc([N+](=O)[O-])c(N)s1. The molecule has 0 spiro atoms. The number of aryl methyl sites for hydroxylation is 1. The maximum Gasteiger partial charge on any atom is 0.304 e. The van der Waals surface area contributed by atoms with Gasteiger partial charge in [0, 0.05) is 13.1 Å². The number of nitrogen functional groups attached to an aromatic ring is 1. The van der Waals surface area contributed by atoms with E-state index in [1.54, 1.807) is 0 Å². The lowest BCUT2D eigenvalue weighted by molar-refractivity contribution is -0.383. The van der Waals surface area contributed by atoms with Crippen LogP contribution in [0.5, 0.6) is 0 Å². The summed E-state index contributed by atoms with van der Waals surface area (Å²) < 4.78 is 27.1. The van der Waals surface area contributed by atoms with Crippen molar-refractivity contribution in [2.45, 2.75) is 4.21 Å². The molecule has 3 N–H and O–H groups in total. The number of nitrogens with zero attached hydrogens (tertiary/aromatic N) is 4. The summed E-state index contributed by atoms with van der Waals surface area (Å²) in [5.74, 6) is -0.00498. The minimum absolute atomic E-state index is 0.00498. The molecule has 0 aliphatic carbocycles. The van der Waals surface area contributed by atoms with Crippen LogP contribution in [0.1, 0.15) is 0 Å². The molecule has 0 bridgehead atoms. The van der Waals surface area contributed by atoms with Crippen molar-refractivity contribution in [2.75, 3.05) is 10.5 Å². The highest BCUT2D eigenvalue weighted by Gasteiger charge is 2.25. The van der Waals surface area contributed by atoms with Gasteiger partial charge in [0.05, 0.1) is 4.92 Å². The fourth-order valence-electron chi connectivity index (χ4n) is 1.21. The first kappa shape index (κ1) is 13.2. The summed E-state index contributed by atoms with van der Waals surface area (Å²) in [5.41, 5.74) is 4.95. The van der Waals surface area contributed by atoms with Gasteiger partial charge in [0.15, 0.2) is 5.00 Å². The van der Waals surface area contributed by atoms with Crippen molar-refractivity contribution in [3.63, 3.8) is 0 Å². The maximum absolute atomic E-state index is 12.0. The highest BCUT2D eigenvalue weighted by atomic mass is 32.2. The van der Waals surface area contributed by atoms with Gasteiger partial charge in [-0.25, -0.2) is 17.8 Å². The summed E-state index contributed by atoms with van der Waals surface area (Å²) in [6.07, 6.45) is 1.17. The lowest BCUT2D eigenvalue weighted by Crippen LogP contribution is -2.15. The van der Waals surface area contributed by atoms with Crippen molar-refractivity contribution >= 4 is 38.0 Å². The maximum atomic E-state index is 12.0. The van der Waals surface area contributed by atoms with Gasteiger partial charge in [-0.2, -0.15) is 10.1 Å². The van der Waals surface area contributed by atoms with E-state index in [1.807, 2.05) is 0 Å². The Morgan fingerprint density at radius 2 is 2.26 bits per heavy atom. The normalized spacial score (nSPS) is 11.4. The van der Waals surface area contributed by atoms with E-state index >= 15 is 0 Å². The summed E-state index contributed by atoms with van der Waals surface area (Å²) in [7, 11) is -2.48. The van der Waals surface area contributed by atoms with Gasteiger partial charge in [0.25, 0.3) is 10.0 Å². The Morgan fingerprint density at radius 3 is 2.74 bits per heavy atom. The predicted octanol–water partition coefficient (Wildman–Crippen LogP) is 0.168. The van der Waals surface area contributed by atoms with Crippen molar-refractivity contribution in [3.8, 4) is 0 Å². The zero-order chi connectivity index (χ0) is 14.2. The number of nitro groups is 1. The van der Waals surface area contributed by atoms with Gasteiger partial charge in [-0.1, -0.05) is 11.3 Å². The fraction of sp³-hybridized carbons (Fsp3) is 0.143. The first-order valence-corrected chi connectivity index (χ1v) is 7.02. The minimum Gasteiger partial charge on any atom is -0.385 e. The van der Waals surface area contributed by atoms with E-state index in [9.17, 15) is 18.5 Å². The van der Waals surface area contributed by atoms with Gasteiger partial charge >= 0.3 is 5.69 Å². The van der Waals surface area contributed by atoms with Gasteiger partial charge in [-0.05, 0) is 0 Å². The number of sulfonamides is 1. The van der Waals surface area contributed by atoms with Crippen LogP contribution in [0.2, 0.25) is 0 Å². The molecule has 0 aromatic carbocycles. The third-order valence-electron chi connectivity index (χ3n) is 2.12. The molecule has 12 heteroatoms. The average Bonchev–Trinajstić information content (AvgIpc) is 2.86. The van der Waals surface area contributed by atoms with Crippen molar-refractivity contribution in [3.05, 3.63) is 22.5 Å². The van der Waals surface area contributed by atoms with Crippen LogP contribution in [0.15, 0.2) is 16.6 Å². The average molecular weight is 304 g/mol. The van der Waals surface area contributed by atoms with Gasteiger partial charge < -0.3 is 5.73 Å². The quantitative estimate of drug-likeness (QED) is 0.604. The molecule has 19 heavy (non-hydrogen) atoms. The molecule has 0 amide bonds. The van der Waals surface area contributed by atoms with Crippen LogP contribution in [-0.4, -0.2) is 28.1 Å². The number of nitrogens with two attached hydrogens (primary N) is 1. The van der Waals surface area contributed by atoms with E-state index < -0.39 is 20.6 Å². The Labute approximate surface area is 111 Å². The van der Waals surface area contributed by atoms with Crippen molar-refractivity contribution in [1.29, 1.82) is 0 Å². The molecular weight excluding hydrogens is 296 g/mol. The monoisotopic (exact) mass is 304 g/mol. The molecule has 0 saturated heterocycles. The molecule has 0 radical (unpaired) electrons. The van der Waals surface area contributed by atoms with E-state index in [2.05, 4.69) is 14.8 Å². The van der Waals surface area contributed by atoms with E-state index in [0.717, 1.165) is 6.07 Å². The van der Waals surface area contributed by atoms with E-state index in [4.69, 9.17) is 5.73 Å². The van der Waals surface area contributed by atoms with E-state index in [1.165, 1.54) is 18.1 Å². The molecule has 2 aromatic rings. The van der Waals surface area contributed by atoms with Crippen LogP contribution in [0, 0.1) is 10.1 Å². The second kappa shape index (κ2) is 4.47. The molecule has 0 aliphatic heterocycles. The molecule has 102 valence electrons. The number of thiophene rings is 1. The summed E-state index contributed by atoms with van der Waals surface area (Å²) in [6.45, 7) is 0. The summed E-state index contributed by atoms with van der Waals surface area (Å²) >= 11 is 0.606. The highest BCUT2D eigenvalue weighted by molar-refractivity contribution is 7.94. The van der Waals surface area contributed by atoms with Gasteiger partial charge in [0.1, 0.15) is 10.5 Å². The van der Waals surface area contributed by atoms with Crippen molar-refractivity contribution in [1.82, 2.24) is 14.8 Å². The number of aromatic nitrogens is 3. The van der Waals surface area contributed by atoms with E-state index in [0.29, 0.717) is 11.3 Å². The highest BCUT2D eigenvalue weighted by Crippen LogP contribution is 2.34. The Balaban J connectivity index is 2.38. The van der Waals surface area contributed by atoms with E-state index in [-0.39, 0.29) is 15.2 Å². The molecule has 0 aliphatic rings. The summed E-state index contributed by atoms with van der Waals surface area (Å²) in [6, 6.07) is 0.901. The van der Waals surface area contributed by atoms with Crippen molar-refractivity contribution in [2.24, 2.45) is 7.05 Å². The molecule has 2 heterocycles. The van der Waals surface area contributed by atoms with Crippen LogP contribution in [0.3, 0.4) is 0 Å². The summed E-state index contributed by atoms with van der Waals surface area (Å²) in [4.78, 5) is 13.6. The molecule has 2 rings (SSSR count). The lowest BCUT2D eigenvalue weighted by Gasteiger charge is -2.03. The Hall–Kier alpha value is -2.21. The number of nitrogens with one attached hydrogen (secondary N) is 1. The Morgan fingerprint density at radius 1 is 1.58 bits per heavy atom. The Kier molecular flexibility index (Phi) is 3.11. The van der Waals surface area contributed by atoms with Gasteiger partial charge in [0.2, 0.25) is 5.95 Å². The largest absolute Gasteiger partial charge is 0.385 e. The molecule has 0 fully saturated rings. The minimum atomic E-state index is -3.98. The third-order valence-corrected chi connectivity index (χ3v) is 4.87. The molecule has 0 saturated carbocycles. The summed E-state index contributed by atoms with van der Waals surface area (Å²) in [5, 5.41) is 14.1. The zero-order valence-electron chi connectivity index (χ0n) is 9.47. The molecule has 0 unspecified atom stereocenters. The second-order valence-electron chi connectivity index (χ2n) is 3.38. The first-order valence-electron chi connectivity index (χ1n) is 4.72. The third kappa shape index (κ3) is 2.48. The van der Waals surface area contributed by atoms with Crippen LogP contribution in [0.25, 0.3) is 0 Å². The lowest BCUT2D eigenvalue weighted by atomic mass is 10.5. The number of anilines is 2. The van der Waals surface area contributed by atoms with Crippen molar-refractivity contribution < 1.29 is 13.3 Å². The van der Waals surface area contributed by atoms with Crippen LogP contribution in [-0.2, 0) is 17.1 Å². The van der Waals surface area contributed by atoms with Crippen LogP contribution >= 0.6 is 11.3 Å². The standard InChI is InChI=1S/C7H8N6O4S2/c1-12-7(9-3-10-12)11-19(16,17)5-2-4(13(14)15)6(8)18-5/h2-3H,8H2,1H3,(H,9,10,11). The second-order valence-corrected chi connectivity index (χ2v) is 6.38. The predicted molar refractivity (Wildman–Crippen MR) is 67.2 cm³/mol. The van der Waals surface area contributed by atoms with Crippen LogP contribution in [0.4, 0.5) is 16.6 Å². The van der Waals surface area contributed by atoms with Gasteiger partial charge in [-0.3, -0.25) is 10.1 Å². The molecule has 10 nitrogen and oxygen atoms in total. The van der Waals surface area contributed by atoms with Gasteiger partial charge in [-0.15, -0.1) is 0 Å². The number of rotatable bonds is 4. The molecular formula is C7H8N6O4S2. The number of hydrogen-bond acceptors (Lipinski definition) is 8. The fourth-order valence-corrected chi connectivity index (χ4v) is 3.46. The Bertz CT molecular complexity index is 733. The molecule has 0 atom stereocenters. The molecule has 2 aromatic heterocycles. The topological polar surface area (TPSA) is 146 Å². The smallest absolute Gasteiger partial charge is 0.304 e. The number of hydrogen-bond donors (Lipinski definition) is 2. The zero-order valence-corrected chi connectivity index (χ0v) is 11.1.